The van der Waals surface area contributed by atoms with E-state index >= 15 is 0 Å². The van der Waals surface area contributed by atoms with Gasteiger partial charge in [-0.2, -0.15) is 5.10 Å². The highest BCUT2D eigenvalue weighted by Gasteiger charge is 2.20. The van der Waals surface area contributed by atoms with Crippen molar-refractivity contribution in [3.8, 4) is 5.69 Å². The lowest BCUT2D eigenvalue weighted by Crippen LogP contribution is -2.26. The summed E-state index contributed by atoms with van der Waals surface area (Å²) < 4.78 is 6.81. The number of para-hydroxylation sites is 1. The number of carbonyl (C=O) groups excluding carboxylic acids is 1. The van der Waals surface area contributed by atoms with Crippen molar-refractivity contribution in [2.24, 2.45) is 0 Å². The Labute approximate surface area is 143 Å². The maximum Gasteiger partial charge on any atom is 0.338 e. The zero-order valence-corrected chi connectivity index (χ0v) is 13.8. The number of hydrogen-bond donors (Lipinski definition) is 2. The molecule has 0 fully saturated rings. The van der Waals surface area contributed by atoms with E-state index in [9.17, 15) is 9.59 Å². The Morgan fingerprint density at radius 2 is 2.00 bits per heavy atom. The van der Waals surface area contributed by atoms with Gasteiger partial charge in [0, 0.05) is 17.3 Å². The molecule has 2 N–H and O–H groups in total. The molecule has 0 aliphatic heterocycles. The Balaban J connectivity index is 1.77. The lowest BCUT2D eigenvalue weighted by atomic mass is 10.1. The van der Waals surface area contributed by atoms with Crippen LogP contribution in [-0.2, 0) is 0 Å². The zero-order valence-electron chi connectivity index (χ0n) is 13.8. The molecule has 0 saturated heterocycles. The first-order valence-corrected chi connectivity index (χ1v) is 7.70. The number of aromatic nitrogens is 2. The topological polar surface area (TPSA) is 97.4 Å². The molecular formula is C18H17N3O4. The lowest BCUT2D eigenvalue weighted by molar-refractivity contribution is 0.0695. The molecular weight excluding hydrogens is 322 g/mol. The molecule has 1 amide bonds. The number of carboxylic acids is 1. The number of rotatable bonds is 5. The summed E-state index contributed by atoms with van der Waals surface area (Å²) in [6, 6.07) is 10.6. The molecule has 2 aromatic heterocycles. The van der Waals surface area contributed by atoms with E-state index in [1.54, 1.807) is 10.9 Å². The molecule has 1 atom stereocenters. The van der Waals surface area contributed by atoms with Crippen molar-refractivity contribution in [2.45, 2.75) is 19.9 Å². The molecule has 1 unspecified atom stereocenters. The minimum Gasteiger partial charge on any atom is -0.478 e. The van der Waals surface area contributed by atoms with Gasteiger partial charge in [-0.3, -0.25) is 4.79 Å². The third-order valence-corrected chi connectivity index (χ3v) is 3.93. The monoisotopic (exact) mass is 339 g/mol. The van der Waals surface area contributed by atoms with Crippen LogP contribution in [-0.4, -0.2) is 26.8 Å². The van der Waals surface area contributed by atoms with Crippen LogP contribution in [0, 0.1) is 6.92 Å². The molecule has 7 nitrogen and oxygen atoms in total. The Morgan fingerprint density at radius 3 is 2.64 bits per heavy atom. The average Bonchev–Trinajstić information content (AvgIpc) is 3.22. The number of carboxylic acid groups (broad SMARTS) is 1. The molecule has 0 bridgehead atoms. The van der Waals surface area contributed by atoms with Gasteiger partial charge in [0.2, 0.25) is 0 Å². The first kappa shape index (κ1) is 16.5. The normalized spacial score (nSPS) is 11.9. The van der Waals surface area contributed by atoms with E-state index in [2.05, 4.69) is 10.4 Å². The van der Waals surface area contributed by atoms with Crippen LogP contribution in [0.2, 0.25) is 0 Å². The van der Waals surface area contributed by atoms with Crippen LogP contribution in [0.3, 0.4) is 0 Å². The van der Waals surface area contributed by atoms with Gasteiger partial charge < -0.3 is 14.8 Å². The van der Waals surface area contributed by atoms with Crippen molar-refractivity contribution < 1.29 is 19.1 Å². The molecule has 2 heterocycles. The van der Waals surface area contributed by atoms with E-state index in [0.717, 1.165) is 23.2 Å². The highest BCUT2D eigenvalue weighted by molar-refractivity contribution is 5.95. The van der Waals surface area contributed by atoms with Gasteiger partial charge in [-0.1, -0.05) is 18.2 Å². The van der Waals surface area contributed by atoms with Crippen LogP contribution in [0.1, 0.15) is 45.1 Å². The molecule has 25 heavy (non-hydrogen) atoms. The van der Waals surface area contributed by atoms with Crippen LogP contribution in [0.4, 0.5) is 0 Å². The number of carbonyl (C=O) groups is 2. The first-order valence-electron chi connectivity index (χ1n) is 7.70. The number of hydrogen-bond acceptors (Lipinski definition) is 4. The predicted molar refractivity (Wildman–Crippen MR) is 89.8 cm³/mol. The van der Waals surface area contributed by atoms with E-state index in [-0.39, 0.29) is 17.4 Å². The van der Waals surface area contributed by atoms with Crippen molar-refractivity contribution in [2.75, 3.05) is 0 Å². The van der Waals surface area contributed by atoms with Gasteiger partial charge in [0.15, 0.2) is 5.76 Å². The molecule has 7 heteroatoms. The molecule has 0 aliphatic rings. The van der Waals surface area contributed by atoms with Gasteiger partial charge in [-0.25, -0.2) is 9.48 Å². The van der Waals surface area contributed by atoms with Crippen LogP contribution >= 0.6 is 0 Å². The number of nitrogens with one attached hydrogen (secondary N) is 1. The van der Waals surface area contributed by atoms with Crippen LogP contribution in [0.15, 0.2) is 53.3 Å². The van der Waals surface area contributed by atoms with Gasteiger partial charge in [-0.15, -0.1) is 0 Å². The van der Waals surface area contributed by atoms with Crippen molar-refractivity contribution in [1.82, 2.24) is 15.1 Å². The smallest absolute Gasteiger partial charge is 0.338 e. The number of aromatic carboxylic acids is 1. The van der Waals surface area contributed by atoms with Crippen molar-refractivity contribution >= 4 is 11.9 Å². The second-order valence-corrected chi connectivity index (χ2v) is 5.63. The quantitative estimate of drug-likeness (QED) is 0.745. The van der Waals surface area contributed by atoms with E-state index in [4.69, 9.17) is 9.52 Å². The maximum absolute atomic E-state index is 12.2. The minimum atomic E-state index is -1.14. The van der Waals surface area contributed by atoms with Crippen molar-refractivity contribution in [3.05, 3.63) is 71.4 Å². The molecule has 0 saturated carbocycles. The Morgan fingerprint density at radius 1 is 1.28 bits per heavy atom. The van der Waals surface area contributed by atoms with Gasteiger partial charge in [0.1, 0.15) is 6.26 Å². The van der Waals surface area contributed by atoms with E-state index in [1.165, 1.54) is 6.07 Å². The fourth-order valence-corrected chi connectivity index (χ4v) is 2.59. The second kappa shape index (κ2) is 6.64. The van der Waals surface area contributed by atoms with Crippen molar-refractivity contribution in [1.29, 1.82) is 0 Å². The Bertz CT molecular complexity index is 912. The average molecular weight is 339 g/mol. The summed E-state index contributed by atoms with van der Waals surface area (Å²) in [4.78, 5) is 23.1. The first-order chi connectivity index (χ1) is 12.0. The van der Waals surface area contributed by atoms with E-state index < -0.39 is 11.9 Å². The summed E-state index contributed by atoms with van der Waals surface area (Å²) in [5.41, 5.74) is 2.64. The maximum atomic E-state index is 12.2. The third kappa shape index (κ3) is 3.30. The highest BCUT2D eigenvalue weighted by atomic mass is 16.4. The summed E-state index contributed by atoms with van der Waals surface area (Å²) in [6.45, 7) is 3.76. The number of furan rings is 1. The van der Waals surface area contributed by atoms with Crippen LogP contribution < -0.4 is 5.32 Å². The summed E-state index contributed by atoms with van der Waals surface area (Å²) >= 11 is 0. The number of amides is 1. The fraction of sp³-hybridized carbons (Fsp3) is 0.167. The summed E-state index contributed by atoms with van der Waals surface area (Å²) in [7, 11) is 0. The molecule has 3 aromatic rings. The zero-order chi connectivity index (χ0) is 18.0. The summed E-state index contributed by atoms with van der Waals surface area (Å²) in [5.74, 6) is -1.67. The largest absolute Gasteiger partial charge is 0.478 e. The molecule has 0 aliphatic carbocycles. The Hall–Kier alpha value is -3.35. The van der Waals surface area contributed by atoms with Crippen LogP contribution in [0.25, 0.3) is 5.69 Å². The molecule has 0 spiro atoms. The number of benzene rings is 1. The van der Waals surface area contributed by atoms with Gasteiger partial charge in [-0.05, 0) is 26.0 Å². The molecule has 128 valence electrons. The molecule has 3 rings (SSSR count). The Kier molecular flexibility index (Phi) is 4.38. The van der Waals surface area contributed by atoms with Gasteiger partial charge in [0.05, 0.1) is 23.5 Å². The van der Waals surface area contributed by atoms with Crippen LogP contribution in [0.5, 0.6) is 0 Å². The lowest BCUT2D eigenvalue weighted by Gasteiger charge is -2.13. The van der Waals surface area contributed by atoms with Crippen molar-refractivity contribution in [3.63, 3.8) is 0 Å². The minimum absolute atomic E-state index is 0.0441. The van der Waals surface area contributed by atoms with E-state index in [0.29, 0.717) is 0 Å². The molecule has 0 radical (unpaired) electrons. The summed E-state index contributed by atoms with van der Waals surface area (Å²) in [5, 5.41) is 16.1. The third-order valence-electron chi connectivity index (χ3n) is 3.93. The SMILES string of the molecule is Cc1c(C(C)NC(=O)c2cc(C(=O)O)co2)cnn1-c1ccccc1. The highest BCUT2D eigenvalue weighted by Crippen LogP contribution is 2.20. The predicted octanol–water partition coefficient (Wildman–Crippen LogP) is 2.96. The number of nitrogens with zero attached hydrogens (tertiary/aromatic N) is 2. The standard InChI is InChI=1S/C18H17N3O4/c1-11(20-17(22)16-8-13(10-25-16)18(23)24)15-9-19-21(12(15)2)14-6-4-3-5-7-14/h3-11H,1-2H3,(H,20,22)(H,23,24). The van der Waals surface area contributed by atoms with E-state index in [1.807, 2.05) is 44.2 Å². The second-order valence-electron chi connectivity index (χ2n) is 5.63. The van der Waals surface area contributed by atoms with Gasteiger partial charge >= 0.3 is 5.97 Å². The van der Waals surface area contributed by atoms with Gasteiger partial charge in [0.25, 0.3) is 5.91 Å². The molecule has 1 aromatic carbocycles. The summed E-state index contributed by atoms with van der Waals surface area (Å²) in [6.07, 6.45) is 2.75. The fourth-order valence-electron chi connectivity index (χ4n) is 2.59.